The summed E-state index contributed by atoms with van der Waals surface area (Å²) in [6.07, 6.45) is 20.7. The summed E-state index contributed by atoms with van der Waals surface area (Å²) in [5, 5.41) is 0. The molecule has 0 unspecified atom stereocenters. The van der Waals surface area contributed by atoms with Crippen LogP contribution in [0.25, 0.3) is 0 Å². The van der Waals surface area contributed by atoms with E-state index in [0.29, 0.717) is 32.8 Å². The summed E-state index contributed by atoms with van der Waals surface area (Å²) in [4.78, 5) is 14.4. The fourth-order valence-corrected chi connectivity index (χ4v) is 5.19. The van der Waals surface area contributed by atoms with Gasteiger partial charge in [-0.3, -0.25) is 4.79 Å². The van der Waals surface area contributed by atoms with Crippen molar-refractivity contribution in [2.75, 3.05) is 47.1 Å². The predicted octanol–water partition coefficient (Wildman–Crippen LogP) is 8.07. The second-order valence-corrected chi connectivity index (χ2v) is 12.1. The van der Waals surface area contributed by atoms with E-state index in [0.717, 1.165) is 19.3 Å². The minimum absolute atomic E-state index is 0.168. The smallest absolute Gasteiger partial charge is 0.307 e. The van der Waals surface area contributed by atoms with E-state index in [9.17, 15) is 4.79 Å². The van der Waals surface area contributed by atoms with Crippen LogP contribution in [0.4, 0.5) is 0 Å². The first-order chi connectivity index (χ1) is 20.0. The average Bonchev–Trinajstić information content (AvgIpc) is 3.29. The Labute approximate surface area is 253 Å². The number of ether oxygens (including phenoxy) is 5. The van der Waals surface area contributed by atoms with Gasteiger partial charge in [0.15, 0.2) is 6.29 Å². The maximum atomic E-state index is 12.4. The first kappa shape index (κ1) is 38.3. The molecule has 0 aromatic rings. The van der Waals surface area contributed by atoms with Crippen LogP contribution in [0.5, 0.6) is 0 Å². The summed E-state index contributed by atoms with van der Waals surface area (Å²) in [6, 6.07) is 0. The molecule has 244 valence electrons. The molecule has 0 radical (unpaired) electrons. The number of hydrogen-bond acceptors (Lipinski definition) is 7. The zero-order valence-corrected chi connectivity index (χ0v) is 27.7. The number of esters is 1. The minimum Gasteiger partial charge on any atom is -0.463 e. The molecule has 7 nitrogen and oxygen atoms in total. The molecule has 0 N–H and O–H groups in total. The van der Waals surface area contributed by atoms with Crippen molar-refractivity contribution in [3.8, 4) is 0 Å². The highest BCUT2D eigenvalue weighted by Gasteiger charge is 2.47. The number of carbonyl (C=O) groups excluding carboxylic acids is 1. The monoisotopic (exact) mass is 585 g/mol. The van der Waals surface area contributed by atoms with E-state index in [1.54, 1.807) is 0 Å². The molecule has 1 heterocycles. The molecule has 1 fully saturated rings. The average molecular weight is 586 g/mol. The lowest BCUT2D eigenvalue weighted by molar-refractivity contribution is -0.184. The van der Waals surface area contributed by atoms with E-state index < -0.39 is 6.29 Å². The number of carbonyl (C=O) groups is 1. The zero-order valence-electron chi connectivity index (χ0n) is 27.7. The molecule has 0 spiro atoms. The van der Waals surface area contributed by atoms with E-state index in [1.807, 2.05) is 19.0 Å². The van der Waals surface area contributed by atoms with Crippen molar-refractivity contribution in [1.82, 2.24) is 4.90 Å². The minimum atomic E-state index is -0.495. The normalized spacial score (nSPS) is 20.7. The van der Waals surface area contributed by atoms with Gasteiger partial charge in [-0.15, -0.1) is 0 Å². The number of unbranched alkanes of at least 4 members (excludes halogenated alkanes) is 15. The zero-order chi connectivity index (χ0) is 30.0. The van der Waals surface area contributed by atoms with E-state index >= 15 is 0 Å². The van der Waals surface area contributed by atoms with Crippen LogP contribution in [-0.4, -0.2) is 82.5 Å². The highest BCUT2D eigenvalue weighted by atomic mass is 16.7. The van der Waals surface area contributed by atoms with E-state index in [4.69, 9.17) is 23.7 Å². The lowest BCUT2D eigenvalue weighted by Crippen LogP contribution is -2.40. The Kier molecular flexibility index (Phi) is 25.1. The summed E-state index contributed by atoms with van der Waals surface area (Å²) < 4.78 is 31.2. The molecule has 41 heavy (non-hydrogen) atoms. The van der Waals surface area contributed by atoms with Crippen LogP contribution in [0.15, 0.2) is 0 Å². The van der Waals surface area contributed by atoms with Gasteiger partial charge < -0.3 is 28.6 Å². The summed E-state index contributed by atoms with van der Waals surface area (Å²) in [5.41, 5.74) is 0. The molecule has 0 amide bonds. The summed E-state index contributed by atoms with van der Waals surface area (Å²) >= 11 is 0. The summed E-state index contributed by atoms with van der Waals surface area (Å²) in [6.45, 7) is 9.54. The van der Waals surface area contributed by atoms with Gasteiger partial charge in [0.1, 0.15) is 24.9 Å². The van der Waals surface area contributed by atoms with Gasteiger partial charge in [0, 0.05) is 26.4 Å². The Bertz CT molecular complexity index is 590. The molecular formula is C34H67NO6. The fraction of sp³-hybridized carbons (Fsp3) is 0.971. The van der Waals surface area contributed by atoms with Crippen LogP contribution < -0.4 is 0 Å². The van der Waals surface area contributed by atoms with Gasteiger partial charge in [0.25, 0.3) is 0 Å². The Morgan fingerprint density at radius 1 is 0.610 bits per heavy atom. The summed E-state index contributed by atoms with van der Waals surface area (Å²) in [7, 11) is 3.91. The van der Waals surface area contributed by atoms with Crippen molar-refractivity contribution in [3.63, 3.8) is 0 Å². The molecule has 0 aliphatic carbocycles. The Morgan fingerprint density at radius 2 is 1.05 bits per heavy atom. The Morgan fingerprint density at radius 3 is 1.54 bits per heavy atom. The van der Waals surface area contributed by atoms with E-state index in [2.05, 4.69) is 20.8 Å². The number of hydrogen-bond donors (Lipinski definition) is 0. The van der Waals surface area contributed by atoms with Gasteiger partial charge in [-0.25, -0.2) is 0 Å². The van der Waals surface area contributed by atoms with Gasteiger partial charge in [0.2, 0.25) is 0 Å². The third-order valence-electron chi connectivity index (χ3n) is 7.84. The van der Waals surface area contributed by atoms with Crippen LogP contribution in [0, 0.1) is 0 Å². The first-order valence-electron chi connectivity index (χ1n) is 17.3. The van der Waals surface area contributed by atoms with E-state index in [-0.39, 0.29) is 30.9 Å². The van der Waals surface area contributed by atoms with Gasteiger partial charge in [-0.2, -0.15) is 0 Å². The standard InChI is InChI=1S/C34H67NO6/c1-6-9-12-15-18-21-26-37-32-30(29-40-31(36)24-25-35(4)5)41-34(39-28-23-20-17-14-11-8-3)33(32)38-27-22-19-16-13-10-7-2/h30,32-34H,6-29H2,1-5H3/t30-,32-,33-,34+/m1/s1. The first-order valence-corrected chi connectivity index (χ1v) is 17.3. The van der Waals surface area contributed by atoms with Gasteiger partial charge in [0.05, 0.1) is 6.42 Å². The molecular weight excluding hydrogens is 518 g/mol. The van der Waals surface area contributed by atoms with Crippen LogP contribution in [0.2, 0.25) is 0 Å². The van der Waals surface area contributed by atoms with Crippen molar-refractivity contribution in [3.05, 3.63) is 0 Å². The van der Waals surface area contributed by atoms with Gasteiger partial charge >= 0.3 is 5.97 Å². The number of rotatable bonds is 29. The molecule has 0 aromatic heterocycles. The second kappa shape index (κ2) is 26.9. The van der Waals surface area contributed by atoms with Crippen LogP contribution in [0.1, 0.15) is 143 Å². The third-order valence-corrected chi connectivity index (χ3v) is 7.84. The number of nitrogens with zero attached hydrogens (tertiary/aromatic N) is 1. The maximum absolute atomic E-state index is 12.4. The van der Waals surface area contributed by atoms with Gasteiger partial charge in [-0.1, -0.05) is 117 Å². The van der Waals surface area contributed by atoms with Crippen molar-refractivity contribution >= 4 is 5.97 Å². The Balaban J connectivity index is 2.74. The SMILES string of the molecule is CCCCCCCCO[C@H]1O[C@H](COC(=O)CCN(C)C)[C@@H](OCCCCCCCC)[C@H]1OCCCCCCCC. The Hall–Kier alpha value is -0.730. The van der Waals surface area contributed by atoms with E-state index in [1.165, 1.54) is 96.3 Å². The lowest BCUT2D eigenvalue weighted by atomic mass is 10.1. The molecule has 0 aromatic carbocycles. The van der Waals surface area contributed by atoms with Crippen LogP contribution in [0.3, 0.4) is 0 Å². The highest BCUT2D eigenvalue weighted by Crippen LogP contribution is 2.29. The largest absolute Gasteiger partial charge is 0.463 e. The molecule has 1 aliphatic heterocycles. The second-order valence-electron chi connectivity index (χ2n) is 12.1. The molecule has 4 atom stereocenters. The highest BCUT2D eigenvalue weighted by molar-refractivity contribution is 5.69. The predicted molar refractivity (Wildman–Crippen MR) is 168 cm³/mol. The molecule has 0 saturated carbocycles. The maximum Gasteiger partial charge on any atom is 0.307 e. The van der Waals surface area contributed by atoms with Gasteiger partial charge in [-0.05, 0) is 33.4 Å². The summed E-state index contributed by atoms with van der Waals surface area (Å²) in [5.74, 6) is -0.210. The van der Waals surface area contributed by atoms with Crippen LogP contribution >= 0.6 is 0 Å². The molecule has 7 heteroatoms. The van der Waals surface area contributed by atoms with Crippen LogP contribution in [-0.2, 0) is 28.5 Å². The quantitative estimate of drug-likeness (QED) is 0.0649. The third kappa shape index (κ3) is 20.0. The van der Waals surface area contributed by atoms with Crippen molar-refractivity contribution in [2.45, 2.75) is 167 Å². The topological polar surface area (TPSA) is 66.5 Å². The van der Waals surface area contributed by atoms with Crippen molar-refractivity contribution in [1.29, 1.82) is 0 Å². The lowest BCUT2D eigenvalue weighted by Gasteiger charge is -2.25. The molecule has 0 bridgehead atoms. The fourth-order valence-electron chi connectivity index (χ4n) is 5.19. The molecule has 1 aliphatic rings. The molecule has 1 rings (SSSR count). The van der Waals surface area contributed by atoms with Crippen molar-refractivity contribution in [2.24, 2.45) is 0 Å². The molecule has 1 saturated heterocycles. The van der Waals surface area contributed by atoms with Crippen molar-refractivity contribution < 1.29 is 28.5 Å².